The Bertz CT molecular complexity index is 1110. The molecule has 2 aromatic rings. The highest BCUT2D eigenvalue weighted by molar-refractivity contribution is 6.08. The van der Waals surface area contributed by atoms with Crippen molar-refractivity contribution >= 4 is 17.5 Å². The molecule has 2 unspecified atom stereocenters. The van der Waals surface area contributed by atoms with Gasteiger partial charge in [-0.05, 0) is 30.3 Å². The molecule has 0 aliphatic carbocycles. The summed E-state index contributed by atoms with van der Waals surface area (Å²) in [5.41, 5.74) is -0.216. The fraction of sp³-hybridized carbons (Fsp3) is 0.364. The number of nitrogens with one attached hydrogen (secondary N) is 2. The van der Waals surface area contributed by atoms with Crippen molar-refractivity contribution in [1.82, 2.24) is 5.32 Å². The van der Waals surface area contributed by atoms with Gasteiger partial charge in [-0.25, -0.2) is 4.39 Å². The maximum atomic E-state index is 14.5. The van der Waals surface area contributed by atoms with Crippen molar-refractivity contribution in [2.75, 3.05) is 32.7 Å². The van der Waals surface area contributed by atoms with Crippen LogP contribution in [0, 0.1) is 5.82 Å². The number of likely N-dealkylation sites (N-methyl/N-ethyl adjacent to an activating group) is 2. The molecule has 2 amide bonds. The SMILES string of the molecule is CNC(=O)[C@@H]1C[C@@H](O)C[N+]1(C)C1(c2cccc3c2OCO3)C(=O)Nc2ccc(F)cc21. The molecule has 3 heterocycles. The number of benzene rings is 2. The summed E-state index contributed by atoms with van der Waals surface area (Å²) in [6.45, 7) is 0.108. The minimum Gasteiger partial charge on any atom is -0.454 e. The zero-order valence-corrected chi connectivity index (χ0v) is 17.1. The first-order chi connectivity index (χ1) is 14.8. The van der Waals surface area contributed by atoms with Crippen LogP contribution in [0.4, 0.5) is 10.1 Å². The molecular formula is C22H23FN3O5+. The number of halogens is 1. The molecule has 31 heavy (non-hydrogen) atoms. The maximum Gasteiger partial charge on any atom is 0.295 e. The van der Waals surface area contributed by atoms with E-state index in [0.29, 0.717) is 28.3 Å². The predicted molar refractivity (Wildman–Crippen MR) is 108 cm³/mol. The molecule has 0 aromatic heterocycles. The highest BCUT2D eigenvalue weighted by Gasteiger charge is 2.69. The summed E-state index contributed by atoms with van der Waals surface area (Å²) in [5, 5.41) is 16.1. The van der Waals surface area contributed by atoms with Crippen LogP contribution in [0.25, 0.3) is 0 Å². The van der Waals surface area contributed by atoms with Crippen molar-refractivity contribution < 1.29 is 33.0 Å². The van der Waals surface area contributed by atoms with Crippen molar-refractivity contribution in [2.45, 2.75) is 24.1 Å². The normalized spacial score (nSPS) is 30.8. The summed E-state index contributed by atoms with van der Waals surface area (Å²) < 4.78 is 25.6. The Hall–Kier alpha value is -3.17. The number of para-hydroxylation sites is 1. The lowest BCUT2D eigenvalue weighted by Gasteiger charge is -2.48. The Morgan fingerprint density at radius 1 is 1.29 bits per heavy atom. The van der Waals surface area contributed by atoms with Gasteiger partial charge in [0.25, 0.3) is 11.8 Å². The van der Waals surface area contributed by atoms with Gasteiger partial charge >= 0.3 is 0 Å². The van der Waals surface area contributed by atoms with E-state index in [1.807, 2.05) is 0 Å². The Labute approximate surface area is 178 Å². The van der Waals surface area contributed by atoms with Gasteiger partial charge in [0.2, 0.25) is 12.3 Å². The van der Waals surface area contributed by atoms with E-state index in [-0.39, 0.29) is 30.1 Å². The Morgan fingerprint density at radius 3 is 2.87 bits per heavy atom. The van der Waals surface area contributed by atoms with Gasteiger partial charge in [0, 0.05) is 13.5 Å². The number of carbonyl (C=O) groups excluding carboxylic acids is 2. The molecule has 0 saturated carbocycles. The van der Waals surface area contributed by atoms with E-state index in [4.69, 9.17) is 9.47 Å². The smallest absolute Gasteiger partial charge is 0.295 e. The Balaban J connectivity index is 1.87. The molecule has 162 valence electrons. The van der Waals surface area contributed by atoms with Crippen molar-refractivity contribution in [3.63, 3.8) is 0 Å². The van der Waals surface area contributed by atoms with Gasteiger partial charge < -0.3 is 25.2 Å². The molecule has 1 fully saturated rings. The first-order valence-corrected chi connectivity index (χ1v) is 10.1. The first-order valence-electron chi connectivity index (χ1n) is 10.1. The lowest BCUT2D eigenvalue weighted by molar-refractivity contribution is -0.953. The molecule has 3 aliphatic heterocycles. The third-order valence-electron chi connectivity index (χ3n) is 6.82. The number of hydrogen-bond acceptors (Lipinski definition) is 5. The lowest BCUT2D eigenvalue weighted by Crippen LogP contribution is -2.68. The zero-order valence-electron chi connectivity index (χ0n) is 17.1. The van der Waals surface area contributed by atoms with Gasteiger partial charge in [-0.2, -0.15) is 0 Å². The van der Waals surface area contributed by atoms with Crippen molar-refractivity contribution in [3.8, 4) is 11.5 Å². The van der Waals surface area contributed by atoms with Gasteiger partial charge in [0.15, 0.2) is 17.5 Å². The summed E-state index contributed by atoms with van der Waals surface area (Å²) in [5.74, 6) is -0.376. The molecule has 9 heteroatoms. The second-order valence-corrected chi connectivity index (χ2v) is 8.36. The average molecular weight is 428 g/mol. The lowest BCUT2D eigenvalue weighted by atomic mass is 9.78. The fourth-order valence-electron chi connectivity index (χ4n) is 5.56. The summed E-state index contributed by atoms with van der Waals surface area (Å²) in [6.07, 6.45) is -0.647. The highest BCUT2D eigenvalue weighted by Crippen LogP contribution is 2.56. The standard InChI is InChI=1S/C22H22FN3O5/c1-24-20(28)17-9-13(27)10-26(17,2)22(14-4-3-5-18-19(14)31-11-30-18)15-8-12(23)6-7-16(15)25-21(22)29/h3-8,13,17,27H,9-11H2,1-2H3,(H-,24,25,28,29)/p+1/t13-,17+,22?,26?/m1/s1. The molecule has 0 radical (unpaired) electrons. The van der Waals surface area contributed by atoms with Crippen LogP contribution in [-0.4, -0.2) is 61.0 Å². The first kappa shape index (κ1) is 19.8. The minimum absolute atomic E-state index is 0.00866. The van der Waals surface area contributed by atoms with Crippen LogP contribution in [-0.2, 0) is 15.1 Å². The van der Waals surface area contributed by atoms with Crippen LogP contribution >= 0.6 is 0 Å². The van der Waals surface area contributed by atoms with Crippen LogP contribution < -0.4 is 20.1 Å². The molecule has 8 nitrogen and oxygen atoms in total. The molecule has 3 N–H and O–H groups in total. The molecule has 1 saturated heterocycles. The molecule has 2 aromatic carbocycles. The van der Waals surface area contributed by atoms with E-state index in [9.17, 15) is 19.1 Å². The number of rotatable bonds is 3. The second-order valence-electron chi connectivity index (χ2n) is 8.36. The van der Waals surface area contributed by atoms with Gasteiger partial charge in [0.1, 0.15) is 18.5 Å². The average Bonchev–Trinajstić information content (AvgIpc) is 3.41. The third kappa shape index (κ3) is 2.47. The van der Waals surface area contributed by atoms with Crippen LogP contribution in [0.15, 0.2) is 36.4 Å². The molecule has 0 bridgehead atoms. The second kappa shape index (κ2) is 6.66. The topological polar surface area (TPSA) is 96.9 Å². The summed E-state index contributed by atoms with van der Waals surface area (Å²) >= 11 is 0. The third-order valence-corrected chi connectivity index (χ3v) is 6.82. The number of anilines is 1. The van der Waals surface area contributed by atoms with Crippen molar-refractivity contribution in [1.29, 1.82) is 0 Å². The van der Waals surface area contributed by atoms with E-state index in [0.717, 1.165) is 0 Å². The minimum atomic E-state index is -1.54. The fourth-order valence-corrected chi connectivity index (χ4v) is 5.56. The van der Waals surface area contributed by atoms with E-state index >= 15 is 0 Å². The van der Waals surface area contributed by atoms with Crippen LogP contribution in [0.1, 0.15) is 17.5 Å². The van der Waals surface area contributed by atoms with Gasteiger partial charge in [-0.15, -0.1) is 0 Å². The Kier molecular flexibility index (Phi) is 4.25. The molecular weight excluding hydrogens is 405 g/mol. The largest absolute Gasteiger partial charge is 0.454 e. The predicted octanol–water partition coefficient (Wildman–Crippen LogP) is 1.08. The summed E-state index contributed by atoms with van der Waals surface area (Å²) in [6, 6.07) is 8.56. The van der Waals surface area contributed by atoms with Gasteiger partial charge in [-0.1, -0.05) is 6.07 Å². The number of carbonyl (C=O) groups is 2. The maximum absolute atomic E-state index is 14.5. The van der Waals surface area contributed by atoms with Crippen LogP contribution in [0.3, 0.4) is 0 Å². The number of hydrogen-bond donors (Lipinski definition) is 3. The van der Waals surface area contributed by atoms with E-state index in [2.05, 4.69) is 10.6 Å². The van der Waals surface area contributed by atoms with E-state index in [1.165, 1.54) is 25.2 Å². The molecule has 3 aliphatic rings. The van der Waals surface area contributed by atoms with E-state index in [1.54, 1.807) is 25.2 Å². The number of aliphatic hydroxyl groups excluding tert-OH is 1. The number of aliphatic hydroxyl groups is 1. The Morgan fingerprint density at radius 2 is 2.10 bits per heavy atom. The molecule has 5 rings (SSSR count). The quantitative estimate of drug-likeness (QED) is 0.636. The number of fused-ring (bicyclic) bond motifs is 2. The number of ether oxygens (including phenoxy) is 2. The van der Waals surface area contributed by atoms with Crippen molar-refractivity contribution in [3.05, 3.63) is 53.3 Å². The van der Waals surface area contributed by atoms with Crippen molar-refractivity contribution in [2.24, 2.45) is 0 Å². The number of nitrogens with zero attached hydrogens (tertiary/aromatic N) is 1. The van der Waals surface area contributed by atoms with Crippen LogP contribution in [0.2, 0.25) is 0 Å². The van der Waals surface area contributed by atoms with E-state index < -0.39 is 29.4 Å². The zero-order chi connectivity index (χ0) is 22.0. The number of amides is 2. The number of likely N-dealkylation sites (tertiary alicyclic amines) is 1. The molecule has 0 spiro atoms. The van der Waals surface area contributed by atoms with Gasteiger partial charge in [0.05, 0.1) is 23.9 Å². The molecule has 4 atom stereocenters. The number of quaternary nitrogens is 1. The van der Waals surface area contributed by atoms with Crippen LogP contribution in [0.5, 0.6) is 11.5 Å². The monoisotopic (exact) mass is 428 g/mol. The summed E-state index contributed by atoms with van der Waals surface area (Å²) in [4.78, 5) is 26.8. The van der Waals surface area contributed by atoms with Gasteiger partial charge in [-0.3, -0.25) is 14.1 Å². The highest BCUT2D eigenvalue weighted by atomic mass is 19.1. The summed E-state index contributed by atoms with van der Waals surface area (Å²) in [7, 11) is 3.27.